The third-order valence-corrected chi connectivity index (χ3v) is 15.2. The molecule has 0 aromatic rings. The number of hydrogen-bond acceptors (Lipinski definition) is 13. The highest BCUT2D eigenvalue weighted by Gasteiger charge is 2.62. The molecule has 7 aliphatic rings. The Bertz CT molecular complexity index is 1550. The molecule has 0 aromatic carbocycles. The SMILES string of the molecule is CC[C@H]1CCC[C@H](O[C@H]2CC[C@H](N(C)C)C(C)O2)[C@@H](C)C(=O)C2=C[C@H]3[C@@H]4C[C@H](O[C@@H]5OC(C)[C@H](OC)C(OC)[C@@H]5OC)C[C@H]4C4C=C(CO)C(=O)C4[C@H]3[C@@H]2CC(=O)O1. The molecule has 3 heterocycles. The van der Waals surface area contributed by atoms with Gasteiger partial charge in [-0.25, -0.2) is 0 Å². The van der Waals surface area contributed by atoms with Gasteiger partial charge in [-0.3, -0.25) is 14.4 Å². The second-order valence-corrected chi connectivity index (χ2v) is 18.4. The van der Waals surface area contributed by atoms with Crippen LogP contribution in [0.2, 0.25) is 0 Å². The minimum Gasteiger partial charge on any atom is -0.462 e. The van der Waals surface area contributed by atoms with E-state index in [0.29, 0.717) is 49.3 Å². The number of aliphatic hydroxyl groups excluding tert-OH is 1. The summed E-state index contributed by atoms with van der Waals surface area (Å²) in [4.78, 5) is 45.4. The zero-order valence-electron chi connectivity index (χ0n) is 36.1. The van der Waals surface area contributed by atoms with Gasteiger partial charge in [-0.1, -0.05) is 26.0 Å². The third kappa shape index (κ3) is 8.30. The number of Topliss-reactive ketones (excluding diaryl/α,β-unsaturated/α-hetero) is 2. The molecule has 2 saturated carbocycles. The number of ketones is 2. The van der Waals surface area contributed by atoms with Crippen LogP contribution in [0.25, 0.3) is 0 Å². The van der Waals surface area contributed by atoms with Gasteiger partial charge in [0.25, 0.3) is 0 Å². The smallest absolute Gasteiger partial charge is 0.306 e. The fraction of sp³-hybridized carbons (Fsp3) is 0.844. The largest absolute Gasteiger partial charge is 0.462 e. The zero-order valence-corrected chi connectivity index (χ0v) is 36.1. The number of allylic oxidation sites excluding steroid dienone is 3. The molecule has 4 aliphatic carbocycles. The van der Waals surface area contributed by atoms with E-state index in [1.165, 1.54) is 0 Å². The van der Waals surface area contributed by atoms with Crippen molar-refractivity contribution in [2.45, 2.75) is 153 Å². The summed E-state index contributed by atoms with van der Waals surface area (Å²) in [6.45, 7) is 7.66. The van der Waals surface area contributed by atoms with Crippen molar-refractivity contribution in [1.29, 1.82) is 0 Å². The Morgan fingerprint density at radius 1 is 0.810 bits per heavy atom. The highest BCUT2D eigenvalue weighted by Crippen LogP contribution is 2.63. The zero-order chi connectivity index (χ0) is 41.6. The second-order valence-electron chi connectivity index (χ2n) is 18.4. The van der Waals surface area contributed by atoms with Crippen LogP contribution < -0.4 is 0 Å². The minimum atomic E-state index is -0.704. The Morgan fingerprint density at radius 3 is 2.16 bits per heavy atom. The summed E-state index contributed by atoms with van der Waals surface area (Å²) in [7, 11) is 9.02. The van der Waals surface area contributed by atoms with Gasteiger partial charge < -0.3 is 47.9 Å². The summed E-state index contributed by atoms with van der Waals surface area (Å²) in [6.07, 6.45) is 6.30. The van der Waals surface area contributed by atoms with Crippen LogP contribution in [0.5, 0.6) is 0 Å². The lowest BCUT2D eigenvalue weighted by molar-refractivity contribution is -0.314. The number of aliphatic hydroxyl groups is 1. The number of likely N-dealkylation sites (N-methyl/N-ethyl adjacent to an activating group) is 1. The van der Waals surface area contributed by atoms with E-state index in [1.54, 1.807) is 21.3 Å². The van der Waals surface area contributed by atoms with E-state index in [1.807, 2.05) is 26.8 Å². The van der Waals surface area contributed by atoms with Crippen LogP contribution in [0.3, 0.4) is 0 Å². The number of carbonyl (C=O) groups is 3. The quantitative estimate of drug-likeness (QED) is 0.305. The van der Waals surface area contributed by atoms with Crippen molar-refractivity contribution in [1.82, 2.24) is 4.90 Å². The molecule has 0 amide bonds. The van der Waals surface area contributed by atoms with Crippen LogP contribution >= 0.6 is 0 Å². The molecule has 0 aromatic heterocycles. The van der Waals surface area contributed by atoms with Gasteiger partial charge in [0.1, 0.15) is 24.4 Å². The molecule has 1 N–H and O–H groups in total. The standard InChI is InChI=1S/C45H69NO12/c1-10-26-12-11-13-35(58-37-15-14-34(46(5)6)23(3)54-37)22(2)40(49)33-19-31-29-18-27(57-45-44(53-9)43(52-8)42(51-7)24(4)55-45)17-28(29)30-16-25(21-47)41(50)39(30)38(31)32(33)20-36(48)56-26/h16,19,22-24,26-32,34-35,37-39,42-45,47H,10-15,17-18,20-21H2,1-9H3/t22-,23?,24?,26+,27-,28-,29-,30?,31+,32-,34+,35+,37+,38-,39?,42+,43?,44+,45+/m1/s1. The summed E-state index contributed by atoms with van der Waals surface area (Å²) >= 11 is 0. The number of cyclic esters (lactones) is 1. The average Bonchev–Trinajstić information content (AvgIpc) is 3.88. The Balaban J connectivity index is 1.19. The number of esters is 1. The molecule has 0 radical (unpaired) electrons. The van der Waals surface area contributed by atoms with E-state index in [2.05, 4.69) is 32.0 Å². The van der Waals surface area contributed by atoms with E-state index in [9.17, 15) is 14.7 Å². The summed E-state index contributed by atoms with van der Waals surface area (Å²) in [5.74, 6) is -2.39. The first kappa shape index (κ1) is 44.0. The number of carbonyl (C=O) groups excluding carboxylic acids is 3. The molecule has 13 nitrogen and oxygen atoms in total. The second kappa shape index (κ2) is 18.5. The van der Waals surface area contributed by atoms with Gasteiger partial charge in [-0.15, -0.1) is 0 Å². The van der Waals surface area contributed by atoms with Gasteiger partial charge in [0.05, 0.1) is 37.4 Å². The molecule has 7 rings (SSSR count). The highest BCUT2D eigenvalue weighted by atomic mass is 16.7. The lowest BCUT2D eigenvalue weighted by Gasteiger charge is -2.45. The molecular weight excluding hydrogens is 746 g/mol. The maximum absolute atomic E-state index is 15.0. The number of ether oxygens (including phenoxy) is 8. The van der Waals surface area contributed by atoms with Crippen LogP contribution in [-0.4, -0.2) is 137 Å². The molecule has 0 spiro atoms. The Morgan fingerprint density at radius 2 is 1.52 bits per heavy atom. The van der Waals surface area contributed by atoms with E-state index < -0.39 is 48.6 Å². The number of nitrogens with zero attached hydrogens (tertiary/aromatic N) is 1. The predicted octanol–water partition coefficient (Wildman–Crippen LogP) is 4.67. The molecule has 3 aliphatic heterocycles. The predicted molar refractivity (Wildman–Crippen MR) is 212 cm³/mol. The van der Waals surface area contributed by atoms with E-state index >= 15 is 4.79 Å². The normalized spacial score (nSPS) is 46.0. The van der Waals surface area contributed by atoms with Crippen LogP contribution in [0.4, 0.5) is 0 Å². The Hall–Kier alpha value is -2.07. The van der Waals surface area contributed by atoms with Crippen molar-refractivity contribution in [2.75, 3.05) is 42.0 Å². The fourth-order valence-corrected chi connectivity index (χ4v) is 12.3. The van der Waals surface area contributed by atoms with Crippen molar-refractivity contribution in [3.05, 3.63) is 23.3 Å². The Labute approximate surface area is 344 Å². The van der Waals surface area contributed by atoms with E-state index in [-0.39, 0.29) is 90.7 Å². The van der Waals surface area contributed by atoms with Crippen molar-refractivity contribution in [3.8, 4) is 0 Å². The summed E-state index contributed by atoms with van der Waals surface area (Å²) < 4.78 is 50.0. The maximum Gasteiger partial charge on any atom is 0.306 e. The number of fused-ring (bicyclic) bond motifs is 8. The summed E-state index contributed by atoms with van der Waals surface area (Å²) in [5.41, 5.74) is 1.02. The number of rotatable bonds is 10. The first-order valence-electron chi connectivity index (χ1n) is 22.0. The lowest BCUT2D eigenvalue weighted by Crippen LogP contribution is -2.59. The van der Waals surface area contributed by atoms with Gasteiger partial charge in [0, 0.05) is 50.7 Å². The van der Waals surface area contributed by atoms with Crippen molar-refractivity contribution in [2.24, 2.45) is 47.3 Å². The molecule has 13 heteroatoms. The third-order valence-electron chi connectivity index (χ3n) is 15.2. The first-order chi connectivity index (χ1) is 27.8. The van der Waals surface area contributed by atoms with Crippen molar-refractivity contribution < 1.29 is 57.4 Å². The van der Waals surface area contributed by atoms with Crippen LogP contribution in [-0.2, 0) is 52.3 Å². The van der Waals surface area contributed by atoms with E-state index in [4.69, 9.17) is 37.9 Å². The van der Waals surface area contributed by atoms with Crippen molar-refractivity contribution >= 4 is 17.5 Å². The first-order valence-corrected chi connectivity index (χ1v) is 22.0. The molecule has 5 unspecified atom stereocenters. The molecule has 58 heavy (non-hydrogen) atoms. The molecule has 3 saturated heterocycles. The number of hydrogen-bond donors (Lipinski definition) is 1. The average molecular weight is 816 g/mol. The van der Waals surface area contributed by atoms with Gasteiger partial charge in [0.15, 0.2) is 24.1 Å². The highest BCUT2D eigenvalue weighted by molar-refractivity contribution is 6.02. The molecular formula is C45H69NO12. The van der Waals surface area contributed by atoms with Gasteiger partial charge in [-0.05, 0) is 114 Å². The van der Waals surface area contributed by atoms with E-state index in [0.717, 1.165) is 19.3 Å². The molecule has 0 bridgehead atoms. The van der Waals surface area contributed by atoms with Crippen LogP contribution in [0.15, 0.2) is 23.3 Å². The van der Waals surface area contributed by atoms with Gasteiger partial charge in [-0.2, -0.15) is 0 Å². The van der Waals surface area contributed by atoms with Crippen LogP contribution in [0, 0.1) is 47.3 Å². The lowest BCUT2D eigenvalue weighted by atomic mass is 9.57. The number of methoxy groups -OCH3 is 3. The topological polar surface area (TPSA) is 149 Å². The monoisotopic (exact) mass is 815 g/mol. The molecule has 5 fully saturated rings. The summed E-state index contributed by atoms with van der Waals surface area (Å²) in [6, 6.07) is 0.292. The molecule has 326 valence electrons. The van der Waals surface area contributed by atoms with Gasteiger partial charge in [0.2, 0.25) is 0 Å². The Kier molecular flexibility index (Phi) is 14.0. The van der Waals surface area contributed by atoms with Crippen molar-refractivity contribution in [3.63, 3.8) is 0 Å². The summed E-state index contributed by atoms with van der Waals surface area (Å²) in [5, 5.41) is 10.4. The molecule has 19 atom stereocenters. The van der Waals surface area contributed by atoms with Crippen LogP contribution in [0.1, 0.15) is 85.5 Å². The maximum atomic E-state index is 15.0. The minimum absolute atomic E-state index is 0.0152. The van der Waals surface area contributed by atoms with Gasteiger partial charge >= 0.3 is 5.97 Å². The fourth-order valence-electron chi connectivity index (χ4n) is 12.3.